The summed E-state index contributed by atoms with van der Waals surface area (Å²) in [7, 11) is 0. The highest BCUT2D eigenvalue weighted by Gasteiger charge is 2.31. The zero-order valence-corrected chi connectivity index (χ0v) is 14.9. The van der Waals surface area contributed by atoms with Crippen molar-refractivity contribution in [3.05, 3.63) is 0 Å². The lowest BCUT2D eigenvalue weighted by Crippen LogP contribution is -2.51. The largest absolute Gasteiger partial charge is 0.483 e. The summed E-state index contributed by atoms with van der Waals surface area (Å²) in [4.78, 5) is 27.9. The maximum atomic E-state index is 12.6. The Balaban J connectivity index is 0.000000647. The van der Waals surface area contributed by atoms with Gasteiger partial charge in [-0.15, -0.1) is 0 Å². The van der Waals surface area contributed by atoms with Crippen molar-refractivity contribution in [3.63, 3.8) is 0 Å². The van der Waals surface area contributed by atoms with Gasteiger partial charge in [-0.25, -0.2) is 0 Å². The van der Waals surface area contributed by atoms with Crippen LogP contribution in [0.15, 0.2) is 0 Å². The van der Waals surface area contributed by atoms with E-state index in [-0.39, 0.29) is 24.6 Å². The summed E-state index contributed by atoms with van der Waals surface area (Å²) >= 11 is 0. The van der Waals surface area contributed by atoms with Gasteiger partial charge in [-0.3, -0.25) is 19.4 Å². The summed E-state index contributed by atoms with van der Waals surface area (Å²) in [6, 6.07) is 0.683. The topological polar surface area (TPSA) is 73.3 Å². The molecule has 138 valence electrons. The first kappa shape index (κ1) is 19.1. The van der Waals surface area contributed by atoms with Gasteiger partial charge >= 0.3 is 0 Å². The summed E-state index contributed by atoms with van der Waals surface area (Å²) in [5.74, 6) is 0.281. The van der Waals surface area contributed by atoms with Crippen LogP contribution in [0.3, 0.4) is 0 Å². The molecule has 7 heteroatoms. The molecular formula is C17H31N3O4. The number of nitrogens with zero attached hydrogens (tertiary/aromatic N) is 3. The molecule has 0 spiro atoms. The number of carboxylic acid groups (broad SMARTS) is 1. The van der Waals surface area contributed by atoms with Crippen molar-refractivity contribution in [3.8, 4) is 0 Å². The molecule has 7 nitrogen and oxygen atoms in total. The van der Waals surface area contributed by atoms with Crippen LogP contribution in [0.4, 0.5) is 0 Å². The number of morpholine rings is 1. The Morgan fingerprint density at radius 2 is 1.75 bits per heavy atom. The minimum Gasteiger partial charge on any atom is -0.483 e. The average Bonchev–Trinajstić information content (AvgIpc) is 2.86. The highest BCUT2D eigenvalue weighted by atomic mass is 16.5. The second kappa shape index (κ2) is 9.34. The van der Waals surface area contributed by atoms with Crippen molar-refractivity contribution in [1.29, 1.82) is 0 Å². The quantitative estimate of drug-likeness (QED) is 0.737. The average molecular weight is 341 g/mol. The van der Waals surface area contributed by atoms with E-state index in [4.69, 9.17) is 14.6 Å². The summed E-state index contributed by atoms with van der Waals surface area (Å²) < 4.78 is 5.72. The Labute approximate surface area is 144 Å². The van der Waals surface area contributed by atoms with Gasteiger partial charge in [0.2, 0.25) is 5.91 Å². The van der Waals surface area contributed by atoms with Gasteiger partial charge in [-0.05, 0) is 52.7 Å². The molecule has 0 unspecified atom stereocenters. The smallest absolute Gasteiger partial charge is 0.290 e. The van der Waals surface area contributed by atoms with Crippen LogP contribution in [0, 0.1) is 0 Å². The van der Waals surface area contributed by atoms with Crippen molar-refractivity contribution in [2.45, 2.75) is 51.4 Å². The fourth-order valence-electron chi connectivity index (χ4n) is 4.10. The predicted molar refractivity (Wildman–Crippen MR) is 90.9 cm³/mol. The van der Waals surface area contributed by atoms with E-state index in [1.807, 2.05) is 4.90 Å². The summed E-state index contributed by atoms with van der Waals surface area (Å²) in [6.45, 7) is 10.5. The third kappa shape index (κ3) is 5.43. The maximum absolute atomic E-state index is 12.6. The van der Waals surface area contributed by atoms with E-state index in [0.29, 0.717) is 12.6 Å². The van der Waals surface area contributed by atoms with Crippen molar-refractivity contribution in [2.75, 3.05) is 45.8 Å². The van der Waals surface area contributed by atoms with Crippen LogP contribution in [0.2, 0.25) is 0 Å². The highest BCUT2D eigenvalue weighted by molar-refractivity contribution is 5.78. The molecule has 0 radical (unpaired) electrons. The van der Waals surface area contributed by atoms with E-state index >= 15 is 0 Å². The van der Waals surface area contributed by atoms with Crippen LogP contribution in [0.5, 0.6) is 0 Å². The molecule has 3 atom stereocenters. The van der Waals surface area contributed by atoms with Gasteiger partial charge in [-0.1, -0.05) is 0 Å². The number of carbonyl (C=O) groups excluding carboxylic acids is 1. The fraction of sp³-hybridized carbons (Fsp3) is 0.882. The van der Waals surface area contributed by atoms with Gasteiger partial charge in [-0.2, -0.15) is 0 Å². The second-order valence-electron chi connectivity index (χ2n) is 7.08. The Kier molecular flexibility index (Phi) is 7.45. The molecule has 3 fully saturated rings. The molecule has 24 heavy (non-hydrogen) atoms. The normalized spacial score (nSPS) is 31.6. The number of carbonyl (C=O) groups is 2. The number of ether oxygens (including phenoxy) is 1. The number of amides is 1. The minimum absolute atomic E-state index is 0.159. The van der Waals surface area contributed by atoms with Gasteiger partial charge < -0.3 is 14.7 Å². The molecule has 1 amide bonds. The van der Waals surface area contributed by atoms with E-state index in [0.717, 1.165) is 26.2 Å². The SMILES string of the molecule is C[C@@H]1CN(C(=O)CN2CCCN3CCC[C@H]3C2)C[C@H](C)O1.O=CO. The van der Waals surface area contributed by atoms with E-state index in [1.54, 1.807) is 0 Å². The highest BCUT2D eigenvalue weighted by Crippen LogP contribution is 2.21. The Bertz CT molecular complexity index is 411. The first-order chi connectivity index (χ1) is 11.5. The lowest BCUT2D eigenvalue weighted by atomic mass is 10.2. The van der Waals surface area contributed by atoms with Crippen LogP contribution in [-0.2, 0) is 14.3 Å². The van der Waals surface area contributed by atoms with Crippen molar-refractivity contribution < 1.29 is 19.4 Å². The lowest BCUT2D eigenvalue weighted by Gasteiger charge is -2.36. The second-order valence-corrected chi connectivity index (χ2v) is 7.08. The van der Waals surface area contributed by atoms with Crippen LogP contribution in [0.25, 0.3) is 0 Å². The molecule has 0 aliphatic carbocycles. The number of rotatable bonds is 2. The summed E-state index contributed by atoms with van der Waals surface area (Å²) in [5, 5.41) is 6.89. The van der Waals surface area contributed by atoms with Crippen LogP contribution < -0.4 is 0 Å². The molecule has 3 aliphatic heterocycles. The van der Waals surface area contributed by atoms with Gasteiger partial charge in [0.1, 0.15) is 0 Å². The van der Waals surface area contributed by atoms with E-state index in [9.17, 15) is 4.79 Å². The van der Waals surface area contributed by atoms with Crippen molar-refractivity contribution in [2.24, 2.45) is 0 Å². The first-order valence-electron chi connectivity index (χ1n) is 9.01. The van der Waals surface area contributed by atoms with E-state index in [1.165, 1.54) is 32.4 Å². The Hall–Kier alpha value is -1.18. The van der Waals surface area contributed by atoms with Crippen LogP contribution in [-0.4, -0.2) is 96.2 Å². The Morgan fingerprint density at radius 1 is 1.12 bits per heavy atom. The molecule has 0 aromatic carbocycles. The maximum Gasteiger partial charge on any atom is 0.290 e. The third-order valence-corrected chi connectivity index (χ3v) is 5.02. The molecule has 3 saturated heterocycles. The number of hydrogen-bond acceptors (Lipinski definition) is 5. The van der Waals surface area contributed by atoms with Gasteiger partial charge in [0.05, 0.1) is 18.8 Å². The summed E-state index contributed by atoms with van der Waals surface area (Å²) in [5.41, 5.74) is 0. The molecule has 3 heterocycles. The fourth-order valence-corrected chi connectivity index (χ4v) is 4.10. The minimum atomic E-state index is -0.250. The predicted octanol–water partition coefficient (Wildman–Crippen LogP) is 0.493. The zero-order valence-electron chi connectivity index (χ0n) is 14.9. The van der Waals surface area contributed by atoms with Crippen LogP contribution in [0.1, 0.15) is 33.1 Å². The van der Waals surface area contributed by atoms with Crippen molar-refractivity contribution >= 4 is 12.4 Å². The number of fused-ring (bicyclic) bond motifs is 1. The van der Waals surface area contributed by atoms with Crippen LogP contribution >= 0.6 is 0 Å². The molecule has 0 aromatic heterocycles. The molecule has 0 saturated carbocycles. The number of hydrogen-bond donors (Lipinski definition) is 1. The Morgan fingerprint density at radius 3 is 2.42 bits per heavy atom. The monoisotopic (exact) mass is 341 g/mol. The molecule has 1 N–H and O–H groups in total. The summed E-state index contributed by atoms with van der Waals surface area (Å²) in [6.07, 6.45) is 4.14. The van der Waals surface area contributed by atoms with E-state index in [2.05, 4.69) is 23.6 Å². The molecule has 3 aliphatic rings. The zero-order chi connectivity index (χ0) is 17.5. The van der Waals surface area contributed by atoms with Gasteiger partial charge in [0.25, 0.3) is 6.47 Å². The molecular weight excluding hydrogens is 310 g/mol. The van der Waals surface area contributed by atoms with E-state index < -0.39 is 0 Å². The third-order valence-electron chi connectivity index (χ3n) is 5.02. The molecule has 0 aromatic rings. The lowest BCUT2D eigenvalue weighted by molar-refractivity contribution is -0.144. The standard InChI is InChI=1S/C16H29N3O2.CH2O2/c1-13-9-19(10-14(2)21-13)16(20)12-17-6-4-8-18-7-3-5-15(18)11-17;2-1-3/h13-15H,3-12H2,1-2H3;1H,(H,2,3)/t13-,14+,15-;/m0./s1. The van der Waals surface area contributed by atoms with Gasteiger partial charge in [0, 0.05) is 25.7 Å². The van der Waals surface area contributed by atoms with Gasteiger partial charge in [0.15, 0.2) is 0 Å². The first-order valence-corrected chi connectivity index (χ1v) is 9.01. The van der Waals surface area contributed by atoms with Crippen molar-refractivity contribution in [1.82, 2.24) is 14.7 Å². The molecule has 3 rings (SSSR count). The molecule has 0 bridgehead atoms.